The summed E-state index contributed by atoms with van der Waals surface area (Å²) in [5.41, 5.74) is 2.69. The Morgan fingerprint density at radius 1 is 1.23 bits per heavy atom. The van der Waals surface area contributed by atoms with E-state index in [2.05, 4.69) is 5.32 Å². The molecule has 2 N–H and O–H groups in total. The number of phenols is 1. The summed E-state index contributed by atoms with van der Waals surface area (Å²) in [4.78, 5) is 11.9. The number of ether oxygens (including phenoxy) is 1. The Morgan fingerprint density at radius 2 is 2.00 bits per heavy atom. The highest BCUT2D eigenvalue weighted by atomic mass is 35.5. The number of hydrogen-bond donors (Lipinski definition) is 2. The molecule has 22 heavy (non-hydrogen) atoms. The van der Waals surface area contributed by atoms with Gasteiger partial charge in [-0.3, -0.25) is 4.79 Å². The van der Waals surface area contributed by atoms with Crippen LogP contribution in [0.3, 0.4) is 0 Å². The number of rotatable bonds is 5. The van der Waals surface area contributed by atoms with Crippen molar-refractivity contribution in [1.29, 1.82) is 0 Å². The zero-order valence-corrected chi connectivity index (χ0v) is 13.3. The third-order valence-electron chi connectivity index (χ3n) is 3.16. The van der Waals surface area contributed by atoms with Gasteiger partial charge in [0.2, 0.25) is 5.91 Å². The molecule has 0 radical (unpaired) electrons. The Kier molecular flexibility index (Phi) is 5.28. The molecule has 1 amide bonds. The summed E-state index contributed by atoms with van der Waals surface area (Å²) in [6.07, 6.45) is 0.228. The standard InChI is InChI=1S/C17H18ClNO3/c1-11-3-4-12(2)16(9-11)22-8-7-17(21)19-13-5-6-15(20)14(18)10-13/h3-6,9-10,20H,7-8H2,1-2H3,(H,19,21). The maximum atomic E-state index is 11.9. The summed E-state index contributed by atoms with van der Waals surface area (Å²) < 4.78 is 5.64. The van der Waals surface area contributed by atoms with E-state index >= 15 is 0 Å². The number of halogens is 1. The zero-order valence-electron chi connectivity index (χ0n) is 12.5. The van der Waals surface area contributed by atoms with Crippen molar-refractivity contribution < 1.29 is 14.6 Å². The quantitative estimate of drug-likeness (QED) is 0.817. The molecule has 0 fully saturated rings. The monoisotopic (exact) mass is 319 g/mol. The Balaban J connectivity index is 1.85. The number of benzene rings is 2. The van der Waals surface area contributed by atoms with E-state index in [9.17, 15) is 9.90 Å². The second-order valence-corrected chi connectivity index (χ2v) is 5.49. The molecule has 5 heteroatoms. The first-order chi connectivity index (χ1) is 10.5. The van der Waals surface area contributed by atoms with Gasteiger partial charge in [0.15, 0.2) is 0 Å². The number of anilines is 1. The van der Waals surface area contributed by atoms with Crippen LogP contribution in [0.4, 0.5) is 5.69 Å². The summed E-state index contributed by atoms with van der Waals surface area (Å²) in [6.45, 7) is 4.25. The Bertz CT molecular complexity index is 686. The van der Waals surface area contributed by atoms with Crippen molar-refractivity contribution in [1.82, 2.24) is 0 Å². The molecule has 0 heterocycles. The largest absolute Gasteiger partial charge is 0.506 e. The van der Waals surface area contributed by atoms with Gasteiger partial charge in [-0.2, -0.15) is 0 Å². The average molecular weight is 320 g/mol. The first-order valence-corrected chi connectivity index (χ1v) is 7.32. The molecule has 0 unspecified atom stereocenters. The average Bonchev–Trinajstić information content (AvgIpc) is 2.46. The van der Waals surface area contributed by atoms with E-state index in [0.717, 1.165) is 16.9 Å². The molecule has 0 aliphatic rings. The molecule has 2 aromatic rings. The van der Waals surface area contributed by atoms with E-state index < -0.39 is 0 Å². The van der Waals surface area contributed by atoms with Crippen LogP contribution < -0.4 is 10.1 Å². The Hall–Kier alpha value is -2.20. The van der Waals surface area contributed by atoms with Crippen molar-refractivity contribution in [3.63, 3.8) is 0 Å². The maximum absolute atomic E-state index is 11.9. The van der Waals surface area contributed by atoms with Gasteiger partial charge >= 0.3 is 0 Å². The van der Waals surface area contributed by atoms with Crippen molar-refractivity contribution in [2.24, 2.45) is 0 Å². The van der Waals surface area contributed by atoms with Gasteiger partial charge in [-0.1, -0.05) is 23.7 Å². The molecular weight excluding hydrogens is 302 g/mol. The third kappa shape index (κ3) is 4.40. The van der Waals surface area contributed by atoms with Gasteiger partial charge < -0.3 is 15.2 Å². The molecule has 2 aromatic carbocycles. The lowest BCUT2D eigenvalue weighted by molar-refractivity contribution is -0.116. The van der Waals surface area contributed by atoms with Gasteiger partial charge in [0, 0.05) is 5.69 Å². The van der Waals surface area contributed by atoms with E-state index in [1.807, 2.05) is 32.0 Å². The van der Waals surface area contributed by atoms with Crippen LogP contribution in [0, 0.1) is 13.8 Å². The minimum atomic E-state index is -0.174. The second kappa shape index (κ2) is 7.18. The minimum absolute atomic E-state index is 0.0158. The lowest BCUT2D eigenvalue weighted by Gasteiger charge is -2.10. The van der Waals surface area contributed by atoms with Gasteiger partial charge in [-0.05, 0) is 49.2 Å². The molecule has 0 aliphatic heterocycles. The fourth-order valence-corrected chi connectivity index (χ4v) is 2.11. The van der Waals surface area contributed by atoms with Crippen LogP contribution in [0.1, 0.15) is 17.5 Å². The van der Waals surface area contributed by atoms with Crippen molar-refractivity contribution in [3.05, 3.63) is 52.5 Å². The van der Waals surface area contributed by atoms with E-state index in [-0.39, 0.29) is 23.1 Å². The van der Waals surface area contributed by atoms with E-state index in [1.54, 1.807) is 6.07 Å². The van der Waals surface area contributed by atoms with Crippen LogP contribution >= 0.6 is 11.6 Å². The minimum Gasteiger partial charge on any atom is -0.506 e. The summed E-state index contributed by atoms with van der Waals surface area (Å²) in [6, 6.07) is 10.5. The SMILES string of the molecule is Cc1ccc(C)c(OCCC(=O)Nc2ccc(O)c(Cl)c2)c1. The fraction of sp³-hybridized carbons (Fsp3) is 0.235. The van der Waals surface area contributed by atoms with Crippen LogP contribution in [0.25, 0.3) is 0 Å². The number of aromatic hydroxyl groups is 1. The van der Waals surface area contributed by atoms with E-state index in [4.69, 9.17) is 16.3 Å². The molecule has 2 rings (SSSR count). The topological polar surface area (TPSA) is 58.6 Å². The van der Waals surface area contributed by atoms with Crippen LogP contribution in [0.5, 0.6) is 11.5 Å². The number of carbonyl (C=O) groups excluding carboxylic acids is 1. The summed E-state index contributed by atoms with van der Waals surface area (Å²) in [5, 5.41) is 12.2. The van der Waals surface area contributed by atoms with Gasteiger partial charge in [-0.25, -0.2) is 0 Å². The van der Waals surface area contributed by atoms with Gasteiger partial charge in [0.1, 0.15) is 11.5 Å². The number of hydrogen-bond acceptors (Lipinski definition) is 3. The number of carbonyl (C=O) groups is 1. The summed E-state index contributed by atoms with van der Waals surface area (Å²) >= 11 is 5.79. The molecule has 0 aromatic heterocycles. The summed E-state index contributed by atoms with van der Waals surface area (Å²) in [7, 11) is 0. The zero-order chi connectivity index (χ0) is 16.1. The second-order valence-electron chi connectivity index (χ2n) is 5.08. The first-order valence-electron chi connectivity index (χ1n) is 6.94. The molecular formula is C17H18ClNO3. The molecule has 0 saturated heterocycles. The fourth-order valence-electron chi connectivity index (χ4n) is 1.92. The number of aryl methyl sites for hydroxylation is 2. The molecule has 0 bridgehead atoms. The van der Waals surface area contributed by atoms with Crippen molar-refractivity contribution >= 4 is 23.2 Å². The maximum Gasteiger partial charge on any atom is 0.227 e. The smallest absolute Gasteiger partial charge is 0.227 e. The number of nitrogens with one attached hydrogen (secondary N) is 1. The van der Waals surface area contributed by atoms with Crippen LogP contribution in [0.2, 0.25) is 5.02 Å². The lowest BCUT2D eigenvalue weighted by Crippen LogP contribution is -2.15. The molecule has 0 spiro atoms. The molecule has 116 valence electrons. The van der Waals surface area contributed by atoms with Crippen LogP contribution in [-0.2, 0) is 4.79 Å². The van der Waals surface area contributed by atoms with E-state index in [1.165, 1.54) is 12.1 Å². The lowest BCUT2D eigenvalue weighted by atomic mass is 10.1. The highest BCUT2D eigenvalue weighted by Gasteiger charge is 2.06. The third-order valence-corrected chi connectivity index (χ3v) is 3.46. The number of phenolic OH excluding ortho intramolecular Hbond substituents is 1. The van der Waals surface area contributed by atoms with Gasteiger partial charge in [-0.15, -0.1) is 0 Å². The normalized spacial score (nSPS) is 10.3. The first kappa shape index (κ1) is 16.2. The molecule has 4 nitrogen and oxygen atoms in total. The predicted molar refractivity (Wildman–Crippen MR) is 87.8 cm³/mol. The predicted octanol–water partition coefficient (Wildman–Crippen LogP) is 4.07. The highest BCUT2D eigenvalue weighted by molar-refractivity contribution is 6.32. The van der Waals surface area contributed by atoms with Gasteiger partial charge in [0.25, 0.3) is 0 Å². The van der Waals surface area contributed by atoms with Crippen LogP contribution in [-0.4, -0.2) is 17.6 Å². The van der Waals surface area contributed by atoms with Crippen molar-refractivity contribution in [2.75, 3.05) is 11.9 Å². The highest BCUT2D eigenvalue weighted by Crippen LogP contribution is 2.26. The van der Waals surface area contributed by atoms with Crippen molar-refractivity contribution in [3.8, 4) is 11.5 Å². The number of amides is 1. The van der Waals surface area contributed by atoms with Gasteiger partial charge in [0.05, 0.1) is 18.1 Å². The molecule has 0 atom stereocenters. The molecule has 0 aliphatic carbocycles. The van der Waals surface area contributed by atoms with Crippen molar-refractivity contribution in [2.45, 2.75) is 20.3 Å². The summed E-state index contributed by atoms with van der Waals surface area (Å²) in [5.74, 6) is 0.602. The Morgan fingerprint density at radius 3 is 2.73 bits per heavy atom. The van der Waals surface area contributed by atoms with E-state index in [0.29, 0.717) is 12.3 Å². The molecule has 0 saturated carbocycles. The van der Waals surface area contributed by atoms with Crippen LogP contribution in [0.15, 0.2) is 36.4 Å². The Labute approximate surface area is 134 Å².